The molecule has 0 aliphatic carbocycles. The van der Waals surface area contributed by atoms with Crippen molar-refractivity contribution in [3.8, 4) is 17.2 Å². The maximum absolute atomic E-state index is 12.2. The molecule has 0 spiro atoms. The molecular weight excluding hydrogens is 274 g/mol. The number of nitrogens with one attached hydrogen (secondary N) is 1. The predicted octanol–water partition coefficient (Wildman–Crippen LogP) is 1.46. The molecule has 0 saturated heterocycles. The van der Waals surface area contributed by atoms with Gasteiger partial charge in [0, 0.05) is 24.1 Å². The number of carbonyl (C=O) groups is 1. The third kappa shape index (κ3) is 4.26. The van der Waals surface area contributed by atoms with Crippen LogP contribution < -0.4 is 19.5 Å². The molecule has 0 aliphatic heterocycles. The summed E-state index contributed by atoms with van der Waals surface area (Å²) in [6.45, 7) is 4.08. The van der Waals surface area contributed by atoms with E-state index in [0.717, 1.165) is 0 Å². The van der Waals surface area contributed by atoms with Crippen LogP contribution >= 0.6 is 0 Å². The minimum atomic E-state index is -0.379. The van der Waals surface area contributed by atoms with Gasteiger partial charge in [-0.3, -0.25) is 4.79 Å². The quantitative estimate of drug-likeness (QED) is 0.797. The zero-order chi connectivity index (χ0) is 16.0. The van der Waals surface area contributed by atoms with Crippen molar-refractivity contribution >= 4 is 5.91 Å². The molecule has 1 amide bonds. The fourth-order valence-electron chi connectivity index (χ4n) is 1.69. The van der Waals surface area contributed by atoms with E-state index in [9.17, 15) is 9.90 Å². The molecule has 0 radical (unpaired) electrons. The van der Waals surface area contributed by atoms with E-state index in [1.165, 1.54) is 21.3 Å². The molecule has 21 heavy (non-hydrogen) atoms. The molecule has 0 saturated carbocycles. The first-order chi connectivity index (χ1) is 9.88. The number of hydrogen-bond acceptors (Lipinski definition) is 5. The third-order valence-corrected chi connectivity index (χ3v) is 3.08. The normalized spacial score (nSPS) is 11.0. The molecule has 118 valence electrons. The second-order valence-corrected chi connectivity index (χ2v) is 5.42. The van der Waals surface area contributed by atoms with Crippen LogP contribution in [0.3, 0.4) is 0 Å². The Morgan fingerprint density at radius 3 is 2.05 bits per heavy atom. The Labute approximate surface area is 125 Å². The molecule has 0 fully saturated rings. The van der Waals surface area contributed by atoms with Crippen molar-refractivity contribution < 1.29 is 24.1 Å². The smallest absolute Gasteiger partial charge is 0.251 e. The summed E-state index contributed by atoms with van der Waals surface area (Å²) in [6.07, 6.45) is 0. The Bertz CT molecular complexity index is 474. The number of rotatable bonds is 7. The minimum Gasteiger partial charge on any atom is -0.493 e. The lowest BCUT2D eigenvalue weighted by atomic mass is 9.95. The average Bonchev–Trinajstić information content (AvgIpc) is 2.50. The van der Waals surface area contributed by atoms with Crippen LogP contribution in [0, 0.1) is 5.41 Å². The van der Waals surface area contributed by atoms with Crippen LogP contribution in [-0.4, -0.2) is 45.5 Å². The van der Waals surface area contributed by atoms with E-state index in [2.05, 4.69) is 5.32 Å². The van der Waals surface area contributed by atoms with Crippen molar-refractivity contribution in [3.05, 3.63) is 17.7 Å². The molecular formula is C15H23NO5. The molecule has 0 heterocycles. The summed E-state index contributed by atoms with van der Waals surface area (Å²) in [5.41, 5.74) is 0.0225. The van der Waals surface area contributed by atoms with Crippen molar-refractivity contribution in [1.29, 1.82) is 0 Å². The molecule has 0 aromatic heterocycles. The Morgan fingerprint density at radius 2 is 1.67 bits per heavy atom. The van der Waals surface area contributed by atoms with Gasteiger partial charge in [0.2, 0.25) is 5.75 Å². The summed E-state index contributed by atoms with van der Waals surface area (Å²) in [5, 5.41) is 12.0. The fourth-order valence-corrected chi connectivity index (χ4v) is 1.69. The van der Waals surface area contributed by atoms with Crippen molar-refractivity contribution in [2.24, 2.45) is 5.41 Å². The molecule has 1 aromatic carbocycles. The Balaban J connectivity index is 3.00. The zero-order valence-electron chi connectivity index (χ0n) is 13.1. The largest absolute Gasteiger partial charge is 0.493 e. The first-order valence-electron chi connectivity index (χ1n) is 6.57. The van der Waals surface area contributed by atoms with Gasteiger partial charge in [0.15, 0.2) is 11.5 Å². The summed E-state index contributed by atoms with van der Waals surface area (Å²) >= 11 is 0. The van der Waals surface area contributed by atoms with E-state index in [1.54, 1.807) is 12.1 Å². The molecule has 1 rings (SSSR count). The fraction of sp³-hybridized carbons (Fsp3) is 0.533. The number of ether oxygens (including phenoxy) is 3. The highest BCUT2D eigenvalue weighted by atomic mass is 16.5. The average molecular weight is 297 g/mol. The lowest BCUT2D eigenvalue weighted by Gasteiger charge is -2.22. The van der Waals surface area contributed by atoms with Gasteiger partial charge in [-0.1, -0.05) is 13.8 Å². The van der Waals surface area contributed by atoms with Crippen molar-refractivity contribution in [2.75, 3.05) is 34.5 Å². The zero-order valence-corrected chi connectivity index (χ0v) is 13.1. The molecule has 6 heteroatoms. The van der Waals surface area contributed by atoms with Crippen molar-refractivity contribution in [2.45, 2.75) is 13.8 Å². The standard InChI is InChI=1S/C15H23NO5/c1-15(2,9-17)8-16-14(18)10-6-11(19-3)13(21-5)12(7-10)20-4/h6-7,17H,8-9H2,1-5H3,(H,16,18). The maximum atomic E-state index is 12.2. The summed E-state index contributed by atoms with van der Waals surface area (Å²) in [4.78, 5) is 12.2. The van der Waals surface area contributed by atoms with Gasteiger partial charge in [0.05, 0.1) is 21.3 Å². The number of hydrogen-bond donors (Lipinski definition) is 2. The van der Waals surface area contributed by atoms with Crippen LogP contribution in [0.5, 0.6) is 17.2 Å². The number of aliphatic hydroxyl groups is 1. The highest BCUT2D eigenvalue weighted by molar-refractivity contribution is 5.95. The van der Waals surface area contributed by atoms with Crippen molar-refractivity contribution in [3.63, 3.8) is 0 Å². The van der Waals surface area contributed by atoms with E-state index in [4.69, 9.17) is 14.2 Å². The maximum Gasteiger partial charge on any atom is 0.251 e. The van der Waals surface area contributed by atoms with Crippen LogP contribution in [0.25, 0.3) is 0 Å². The van der Waals surface area contributed by atoms with Gasteiger partial charge >= 0.3 is 0 Å². The number of amides is 1. The Morgan fingerprint density at radius 1 is 1.14 bits per heavy atom. The lowest BCUT2D eigenvalue weighted by Crippen LogP contribution is -2.36. The van der Waals surface area contributed by atoms with Gasteiger partial charge in [0.25, 0.3) is 5.91 Å². The topological polar surface area (TPSA) is 77.0 Å². The van der Waals surface area contributed by atoms with E-state index in [1.807, 2.05) is 13.8 Å². The van der Waals surface area contributed by atoms with Gasteiger partial charge in [0.1, 0.15) is 0 Å². The van der Waals surface area contributed by atoms with Gasteiger partial charge in [-0.2, -0.15) is 0 Å². The van der Waals surface area contributed by atoms with Gasteiger partial charge in [-0.05, 0) is 12.1 Å². The first-order valence-corrected chi connectivity index (χ1v) is 6.57. The highest BCUT2D eigenvalue weighted by Crippen LogP contribution is 2.38. The summed E-state index contributed by atoms with van der Waals surface area (Å²) in [7, 11) is 4.49. The summed E-state index contributed by atoms with van der Waals surface area (Å²) < 4.78 is 15.6. The number of aliphatic hydroxyl groups excluding tert-OH is 1. The molecule has 6 nitrogen and oxygen atoms in total. The van der Waals surface area contributed by atoms with Crippen LogP contribution in [0.4, 0.5) is 0 Å². The van der Waals surface area contributed by atoms with Gasteiger partial charge < -0.3 is 24.6 Å². The van der Waals surface area contributed by atoms with Gasteiger partial charge in [-0.25, -0.2) is 0 Å². The second kappa shape index (κ2) is 7.17. The Hall–Kier alpha value is -1.95. The van der Waals surface area contributed by atoms with E-state index < -0.39 is 0 Å². The highest BCUT2D eigenvalue weighted by Gasteiger charge is 2.20. The van der Waals surface area contributed by atoms with Crippen LogP contribution in [-0.2, 0) is 0 Å². The predicted molar refractivity (Wildman–Crippen MR) is 79.3 cm³/mol. The number of methoxy groups -OCH3 is 3. The molecule has 1 aromatic rings. The van der Waals surface area contributed by atoms with Crippen LogP contribution in [0.15, 0.2) is 12.1 Å². The molecule has 0 unspecified atom stereocenters. The SMILES string of the molecule is COc1cc(C(=O)NCC(C)(C)CO)cc(OC)c1OC. The van der Waals surface area contributed by atoms with E-state index >= 15 is 0 Å². The Kier molecular flexibility index (Phi) is 5.84. The van der Waals surface area contributed by atoms with Crippen molar-refractivity contribution in [1.82, 2.24) is 5.32 Å². The lowest BCUT2D eigenvalue weighted by molar-refractivity contribution is 0.0910. The van der Waals surface area contributed by atoms with Gasteiger partial charge in [-0.15, -0.1) is 0 Å². The molecule has 0 bridgehead atoms. The molecule has 0 aliphatic rings. The first kappa shape index (κ1) is 17.1. The monoisotopic (exact) mass is 297 g/mol. The molecule has 0 atom stereocenters. The number of carbonyl (C=O) groups excluding carboxylic acids is 1. The van der Waals surface area contributed by atoms with E-state index in [-0.39, 0.29) is 17.9 Å². The van der Waals surface area contributed by atoms with Crippen LogP contribution in [0.1, 0.15) is 24.2 Å². The third-order valence-electron chi connectivity index (χ3n) is 3.08. The summed E-state index contributed by atoms with van der Waals surface area (Å²) in [6, 6.07) is 3.17. The second-order valence-electron chi connectivity index (χ2n) is 5.42. The van der Waals surface area contributed by atoms with E-state index in [0.29, 0.717) is 29.4 Å². The molecule has 2 N–H and O–H groups in total. The minimum absolute atomic E-state index is 0.0114. The van der Waals surface area contributed by atoms with Crippen LogP contribution in [0.2, 0.25) is 0 Å². The summed E-state index contributed by atoms with van der Waals surface area (Å²) in [5.74, 6) is 1.01. The number of benzene rings is 1.